The van der Waals surface area contributed by atoms with Crippen molar-refractivity contribution in [1.82, 2.24) is 4.98 Å². The molecule has 118 valence electrons. The summed E-state index contributed by atoms with van der Waals surface area (Å²) in [6.07, 6.45) is 5.81. The largest absolute Gasteiger partial charge is 0.225 e. The smallest absolute Gasteiger partial charge is 0.210 e. The first-order chi connectivity index (χ1) is 10.4. The molecule has 0 fully saturated rings. The molecule has 0 amide bonds. The van der Waals surface area contributed by atoms with E-state index in [1.54, 1.807) is 6.08 Å². The van der Waals surface area contributed by atoms with Crippen LogP contribution in [0.2, 0.25) is 0 Å². The lowest BCUT2D eigenvalue weighted by Crippen LogP contribution is -2.04. The van der Waals surface area contributed by atoms with Crippen molar-refractivity contribution in [2.45, 2.75) is 38.0 Å². The zero-order valence-corrected chi connectivity index (χ0v) is 14.8. The number of hydrogen-bond donors (Lipinski definition) is 0. The van der Waals surface area contributed by atoms with E-state index in [0.717, 1.165) is 28.6 Å². The number of benzene rings is 1. The number of para-hydroxylation sites is 1. The SMILES string of the molecule is CC(C)=CCC/C(C)=C/CS(=O)(=O)c1nc2ccccc2s1. The number of fused-ring (bicyclic) bond motifs is 1. The van der Waals surface area contributed by atoms with Crippen LogP contribution in [0.3, 0.4) is 0 Å². The zero-order chi connectivity index (χ0) is 16.2. The first-order valence-electron chi connectivity index (χ1n) is 7.26. The fraction of sp³-hybridized carbons (Fsp3) is 0.353. The minimum absolute atomic E-state index is 0.0213. The lowest BCUT2D eigenvalue weighted by Gasteiger charge is -2.00. The Morgan fingerprint density at radius 1 is 1.18 bits per heavy atom. The van der Waals surface area contributed by atoms with Gasteiger partial charge in [-0.15, -0.1) is 11.3 Å². The molecule has 2 aromatic rings. The zero-order valence-electron chi connectivity index (χ0n) is 13.2. The quantitative estimate of drug-likeness (QED) is 0.715. The van der Waals surface area contributed by atoms with Gasteiger partial charge in [0.05, 0.1) is 16.0 Å². The molecule has 1 heterocycles. The third kappa shape index (κ3) is 4.52. The minimum Gasteiger partial charge on any atom is -0.225 e. The summed E-state index contributed by atoms with van der Waals surface area (Å²) in [5.41, 5.74) is 3.13. The Morgan fingerprint density at radius 3 is 2.59 bits per heavy atom. The Labute approximate surface area is 136 Å². The van der Waals surface area contributed by atoms with Gasteiger partial charge in [0.1, 0.15) is 0 Å². The monoisotopic (exact) mass is 335 g/mol. The standard InChI is InChI=1S/C17H21NO2S2/c1-13(2)7-6-8-14(3)11-12-22(19,20)17-18-15-9-4-5-10-16(15)21-17/h4-5,7,9-11H,6,8,12H2,1-3H3/b14-11+. The molecule has 0 aliphatic heterocycles. The lowest BCUT2D eigenvalue weighted by molar-refractivity contribution is 0.598. The van der Waals surface area contributed by atoms with Crippen LogP contribution in [0.5, 0.6) is 0 Å². The summed E-state index contributed by atoms with van der Waals surface area (Å²) in [5, 5.41) is 0. The molecule has 0 atom stereocenters. The summed E-state index contributed by atoms with van der Waals surface area (Å²) in [6.45, 7) is 6.11. The van der Waals surface area contributed by atoms with Gasteiger partial charge in [-0.2, -0.15) is 0 Å². The molecule has 2 rings (SSSR count). The Hall–Kier alpha value is -1.46. The van der Waals surface area contributed by atoms with Gasteiger partial charge in [-0.1, -0.05) is 35.4 Å². The lowest BCUT2D eigenvalue weighted by atomic mass is 10.1. The number of hydrogen-bond acceptors (Lipinski definition) is 4. The summed E-state index contributed by atoms with van der Waals surface area (Å²) in [4.78, 5) is 4.24. The molecule has 0 saturated carbocycles. The van der Waals surface area contributed by atoms with E-state index in [4.69, 9.17) is 0 Å². The van der Waals surface area contributed by atoms with Gasteiger partial charge in [-0.3, -0.25) is 0 Å². The van der Waals surface area contributed by atoms with Crippen molar-refractivity contribution in [2.75, 3.05) is 5.75 Å². The maximum absolute atomic E-state index is 12.4. The summed E-state index contributed by atoms with van der Waals surface area (Å²) < 4.78 is 25.9. The van der Waals surface area contributed by atoms with Gasteiger partial charge >= 0.3 is 0 Å². The molecular formula is C17H21NO2S2. The van der Waals surface area contributed by atoms with Crippen molar-refractivity contribution in [3.63, 3.8) is 0 Å². The van der Waals surface area contributed by atoms with Crippen molar-refractivity contribution in [1.29, 1.82) is 0 Å². The maximum atomic E-state index is 12.4. The molecule has 0 bridgehead atoms. The van der Waals surface area contributed by atoms with E-state index < -0.39 is 9.84 Å². The van der Waals surface area contributed by atoms with E-state index >= 15 is 0 Å². The Morgan fingerprint density at radius 2 is 1.91 bits per heavy atom. The highest BCUT2D eigenvalue weighted by Crippen LogP contribution is 2.26. The second kappa shape index (κ2) is 7.20. The third-order valence-corrected chi connectivity index (χ3v) is 6.35. The van der Waals surface area contributed by atoms with Crippen LogP contribution in [0, 0.1) is 0 Å². The Bertz CT molecular complexity index is 777. The summed E-state index contributed by atoms with van der Waals surface area (Å²) >= 11 is 1.24. The van der Waals surface area contributed by atoms with Crippen LogP contribution in [0.25, 0.3) is 10.2 Å². The van der Waals surface area contributed by atoms with Gasteiger partial charge < -0.3 is 0 Å². The van der Waals surface area contributed by atoms with E-state index in [-0.39, 0.29) is 10.1 Å². The Kier molecular flexibility index (Phi) is 5.53. The predicted molar refractivity (Wildman–Crippen MR) is 94.1 cm³/mol. The van der Waals surface area contributed by atoms with Crippen LogP contribution in [0.1, 0.15) is 33.6 Å². The van der Waals surface area contributed by atoms with E-state index in [0.29, 0.717) is 0 Å². The fourth-order valence-corrected chi connectivity index (χ4v) is 4.56. The average molecular weight is 335 g/mol. The van der Waals surface area contributed by atoms with Crippen molar-refractivity contribution in [2.24, 2.45) is 0 Å². The highest BCUT2D eigenvalue weighted by molar-refractivity contribution is 7.93. The third-order valence-electron chi connectivity index (χ3n) is 3.28. The highest BCUT2D eigenvalue weighted by atomic mass is 32.2. The van der Waals surface area contributed by atoms with E-state index in [2.05, 4.69) is 24.9 Å². The molecule has 0 aliphatic carbocycles. The fourth-order valence-electron chi connectivity index (χ4n) is 2.00. The molecule has 0 aliphatic rings. The summed E-state index contributed by atoms with van der Waals surface area (Å²) in [6, 6.07) is 7.49. The van der Waals surface area contributed by atoms with Gasteiger partial charge in [0.15, 0.2) is 0 Å². The topological polar surface area (TPSA) is 47.0 Å². The molecule has 1 aromatic carbocycles. The van der Waals surface area contributed by atoms with Crippen LogP contribution in [-0.4, -0.2) is 19.2 Å². The summed E-state index contributed by atoms with van der Waals surface area (Å²) in [7, 11) is -3.34. The second-order valence-corrected chi connectivity index (χ2v) is 8.84. The second-order valence-electron chi connectivity index (χ2n) is 5.60. The number of thiazole rings is 1. The first kappa shape index (κ1) is 16.9. The van der Waals surface area contributed by atoms with Crippen molar-refractivity contribution in [3.8, 4) is 0 Å². The average Bonchev–Trinajstić information content (AvgIpc) is 2.89. The maximum Gasteiger partial charge on any atom is 0.210 e. The molecule has 0 radical (unpaired) electrons. The number of allylic oxidation sites excluding steroid dienone is 3. The van der Waals surface area contributed by atoms with Crippen molar-refractivity contribution < 1.29 is 8.42 Å². The molecule has 1 aromatic heterocycles. The minimum atomic E-state index is -3.34. The van der Waals surface area contributed by atoms with Gasteiger partial charge in [0.2, 0.25) is 14.2 Å². The Balaban J connectivity index is 2.09. The van der Waals surface area contributed by atoms with Crippen LogP contribution in [0.4, 0.5) is 0 Å². The van der Waals surface area contributed by atoms with Gasteiger partial charge in [0.25, 0.3) is 0 Å². The van der Waals surface area contributed by atoms with Gasteiger partial charge in [-0.05, 0) is 45.7 Å². The van der Waals surface area contributed by atoms with Gasteiger partial charge in [-0.25, -0.2) is 13.4 Å². The van der Waals surface area contributed by atoms with E-state index in [1.165, 1.54) is 16.9 Å². The molecule has 3 nitrogen and oxygen atoms in total. The number of aromatic nitrogens is 1. The molecule has 0 N–H and O–H groups in total. The predicted octanol–water partition coefficient (Wildman–Crippen LogP) is 4.76. The van der Waals surface area contributed by atoms with E-state index in [9.17, 15) is 8.42 Å². The van der Waals surface area contributed by atoms with Crippen molar-refractivity contribution in [3.05, 3.63) is 47.6 Å². The molecular weight excluding hydrogens is 314 g/mol. The number of sulfone groups is 1. The highest BCUT2D eigenvalue weighted by Gasteiger charge is 2.18. The van der Waals surface area contributed by atoms with Crippen LogP contribution in [0.15, 0.2) is 51.9 Å². The van der Waals surface area contributed by atoms with Crippen LogP contribution >= 0.6 is 11.3 Å². The molecule has 5 heteroatoms. The number of rotatable bonds is 6. The van der Waals surface area contributed by atoms with Gasteiger partial charge in [0, 0.05) is 0 Å². The normalized spacial score (nSPS) is 12.6. The van der Waals surface area contributed by atoms with Crippen molar-refractivity contribution >= 4 is 31.4 Å². The first-order valence-corrected chi connectivity index (χ1v) is 9.73. The molecule has 22 heavy (non-hydrogen) atoms. The van der Waals surface area contributed by atoms with Crippen LogP contribution < -0.4 is 0 Å². The van der Waals surface area contributed by atoms with E-state index in [1.807, 2.05) is 31.2 Å². The summed E-state index contributed by atoms with van der Waals surface area (Å²) in [5.74, 6) is 0.0213. The van der Waals surface area contributed by atoms with Crippen LogP contribution in [-0.2, 0) is 9.84 Å². The molecule has 0 spiro atoms. The molecule has 0 unspecified atom stereocenters. The number of nitrogens with zero attached hydrogens (tertiary/aromatic N) is 1. The molecule has 0 saturated heterocycles.